The maximum Gasteiger partial charge on any atom is 0.337 e. The van der Waals surface area contributed by atoms with Crippen molar-refractivity contribution in [2.45, 2.75) is 64.5 Å². The van der Waals surface area contributed by atoms with Gasteiger partial charge in [0.2, 0.25) is 0 Å². The van der Waals surface area contributed by atoms with Crippen LogP contribution < -0.4 is 15.5 Å². The fraction of sp³-hybridized carbons (Fsp3) is 0.520. The molecule has 4 rings (SSSR count). The third-order valence-corrected chi connectivity index (χ3v) is 8.13. The van der Waals surface area contributed by atoms with Crippen molar-refractivity contribution in [1.29, 1.82) is 0 Å². The number of aromatic nitrogens is 1. The highest BCUT2D eigenvalue weighted by atomic mass is 35.5. The van der Waals surface area contributed by atoms with Gasteiger partial charge in [-0.15, -0.1) is 0 Å². The lowest BCUT2D eigenvalue weighted by Gasteiger charge is -2.39. The average Bonchev–Trinajstić information content (AvgIpc) is 3.45. The minimum atomic E-state index is -0.946. The molecule has 2 aromatic rings. The lowest BCUT2D eigenvalue weighted by molar-refractivity contribution is -0.115. The number of fused-ring (bicyclic) bond motifs is 1. The molecular weight excluding hydrogens is 486 g/mol. The first-order chi connectivity index (χ1) is 16.9. The Kier molecular flexibility index (Phi) is 8.41. The van der Waals surface area contributed by atoms with Gasteiger partial charge in [0.25, 0.3) is 5.91 Å². The number of unbranched alkanes of at least 4 members (excludes halogenated alkanes) is 2. The number of nitrogens with zero attached hydrogens (tertiary/aromatic N) is 3. The Hall–Kier alpha value is -2.49. The Morgan fingerprint density at radius 3 is 2.80 bits per heavy atom. The molecule has 3 N–H and O–H groups in total. The number of carboxylic acid groups (broad SMARTS) is 1. The van der Waals surface area contributed by atoms with Crippen LogP contribution in [0, 0.1) is 0 Å². The maximum absolute atomic E-state index is 13.0. The van der Waals surface area contributed by atoms with E-state index in [2.05, 4.69) is 27.4 Å². The SMILES string of the molecule is CCCCCN[C@H]1CN(c2nc3cccc(C(=O)O)c3s2)CC[C@H]1NC(=O)C1=NC(Cl)=C(CC)C1. The Labute approximate surface area is 214 Å². The van der Waals surface area contributed by atoms with Crippen molar-refractivity contribution in [3.63, 3.8) is 0 Å². The van der Waals surface area contributed by atoms with Crippen molar-refractivity contribution in [2.24, 2.45) is 4.99 Å². The monoisotopic (exact) mass is 517 g/mol. The van der Waals surface area contributed by atoms with Gasteiger partial charge in [0.05, 0.1) is 15.8 Å². The second kappa shape index (κ2) is 11.5. The molecule has 35 heavy (non-hydrogen) atoms. The molecule has 1 aromatic carbocycles. The summed E-state index contributed by atoms with van der Waals surface area (Å²) in [4.78, 5) is 35.8. The molecule has 188 valence electrons. The van der Waals surface area contributed by atoms with E-state index in [-0.39, 0.29) is 23.6 Å². The number of hydrogen-bond donors (Lipinski definition) is 3. The number of carbonyl (C=O) groups excluding carboxylic acids is 1. The lowest BCUT2D eigenvalue weighted by Crippen LogP contribution is -2.60. The fourth-order valence-electron chi connectivity index (χ4n) is 4.57. The minimum Gasteiger partial charge on any atom is -0.478 e. The molecule has 3 heterocycles. The molecule has 10 heteroatoms. The molecule has 0 saturated carbocycles. The number of aliphatic imine (C=N–C) groups is 1. The van der Waals surface area contributed by atoms with E-state index in [1.165, 1.54) is 11.3 Å². The number of rotatable bonds is 10. The number of benzene rings is 1. The topological polar surface area (TPSA) is 107 Å². The van der Waals surface area contributed by atoms with Gasteiger partial charge >= 0.3 is 5.97 Å². The normalized spacial score (nSPS) is 20.4. The predicted molar refractivity (Wildman–Crippen MR) is 142 cm³/mol. The van der Waals surface area contributed by atoms with Crippen LogP contribution in [0.1, 0.15) is 62.7 Å². The van der Waals surface area contributed by atoms with Gasteiger partial charge < -0.3 is 20.6 Å². The Bertz CT molecular complexity index is 1160. The van der Waals surface area contributed by atoms with Crippen molar-refractivity contribution in [3.8, 4) is 0 Å². The number of carbonyl (C=O) groups is 2. The molecule has 8 nitrogen and oxygen atoms in total. The highest BCUT2D eigenvalue weighted by molar-refractivity contribution is 7.22. The first-order valence-electron chi connectivity index (χ1n) is 12.3. The van der Waals surface area contributed by atoms with Crippen molar-refractivity contribution in [2.75, 3.05) is 24.5 Å². The number of nitrogens with one attached hydrogen (secondary N) is 2. The van der Waals surface area contributed by atoms with Crippen LogP contribution in [0.25, 0.3) is 10.2 Å². The average molecular weight is 518 g/mol. The molecule has 1 amide bonds. The summed E-state index contributed by atoms with van der Waals surface area (Å²) in [5.41, 5.74) is 2.45. The number of halogens is 1. The number of hydrogen-bond acceptors (Lipinski definition) is 7. The first kappa shape index (κ1) is 25.6. The zero-order valence-corrected chi connectivity index (χ0v) is 21.7. The zero-order valence-electron chi connectivity index (χ0n) is 20.1. The van der Waals surface area contributed by atoms with Crippen LogP contribution in [0.15, 0.2) is 33.9 Å². The van der Waals surface area contributed by atoms with Gasteiger partial charge in [-0.3, -0.25) is 4.79 Å². The molecule has 0 unspecified atom stereocenters. The maximum atomic E-state index is 13.0. The summed E-state index contributed by atoms with van der Waals surface area (Å²) in [6, 6.07) is 5.18. The van der Waals surface area contributed by atoms with Crippen LogP contribution in [0.3, 0.4) is 0 Å². The molecule has 0 bridgehead atoms. The number of piperidine rings is 1. The van der Waals surface area contributed by atoms with Crippen LogP contribution in [0.4, 0.5) is 5.13 Å². The number of carboxylic acids is 1. The van der Waals surface area contributed by atoms with E-state index in [1.54, 1.807) is 12.1 Å². The van der Waals surface area contributed by atoms with Gasteiger partial charge in [0.1, 0.15) is 10.9 Å². The second-order valence-electron chi connectivity index (χ2n) is 9.02. The van der Waals surface area contributed by atoms with Crippen LogP contribution in [0.5, 0.6) is 0 Å². The van der Waals surface area contributed by atoms with Gasteiger partial charge in [0.15, 0.2) is 5.13 Å². The number of amides is 1. The second-order valence-corrected chi connectivity index (χ2v) is 10.4. The summed E-state index contributed by atoms with van der Waals surface area (Å²) in [7, 11) is 0. The highest BCUT2D eigenvalue weighted by Crippen LogP contribution is 2.33. The van der Waals surface area contributed by atoms with Crippen molar-refractivity contribution in [3.05, 3.63) is 34.5 Å². The minimum absolute atomic E-state index is 0.0339. The molecule has 0 aliphatic carbocycles. The highest BCUT2D eigenvalue weighted by Gasteiger charge is 2.33. The van der Waals surface area contributed by atoms with Crippen LogP contribution >= 0.6 is 22.9 Å². The van der Waals surface area contributed by atoms with Crippen LogP contribution in [0.2, 0.25) is 0 Å². The molecule has 1 saturated heterocycles. The largest absolute Gasteiger partial charge is 0.478 e. The predicted octanol–water partition coefficient (Wildman–Crippen LogP) is 4.54. The molecule has 2 atom stereocenters. The van der Waals surface area contributed by atoms with Gasteiger partial charge in [-0.05, 0) is 43.5 Å². The lowest BCUT2D eigenvalue weighted by atomic mass is 9.98. The molecule has 0 spiro atoms. The quantitative estimate of drug-likeness (QED) is 0.315. The molecule has 2 aliphatic rings. The first-order valence-corrected chi connectivity index (χ1v) is 13.5. The molecule has 1 aromatic heterocycles. The third kappa shape index (κ3) is 5.85. The Morgan fingerprint density at radius 1 is 1.26 bits per heavy atom. The van der Waals surface area contributed by atoms with E-state index in [1.807, 2.05) is 13.0 Å². The number of thiazole rings is 1. The molecule has 1 fully saturated rings. The Balaban J connectivity index is 1.48. The van der Waals surface area contributed by atoms with Crippen molar-refractivity contribution in [1.82, 2.24) is 15.6 Å². The van der Waals surface area contributed by atoms with Gasteiger partial charge in [-0.1, -0.05) is 55.7 Å². The fourth-order valence-corrected chi connectivity index (χ4v) is 5.98. The van der Waals surface area contributed by atoms with Crippen LogP contribution in [-0.2, 0) is 4.79 Å². The van der Waals surface area contributed by atoms with Crippen molar-refractivity contribution >= 4 is 55.9 Å². The number of aromatic carboxylic acids is 1. The number of anilines is 1. The van der Waals surface area contributed by atoms with E-state index >= 15 is 0 Å². The smallest absolute Gasteiger partial charge is 0.337 e. The molecule has 2 aliphatic heterocycles. The van der Waals surface area contributed by atoms with Crippen molar-refractivity contribution < 1.29 is 14.7 Å². The summed E-state index contributed by atoms with van der Waals surface area (Å²) in [6.45, 7) is 6.45. The summed E-state index contributed by atoms with van der Waals surface area (Å²) < 4.78 is 0.688. The van der Waals surface area contributed by atoms with E-state index in [0.717, 1.165) is 49.4 Å². The summed E-state index contributed by atoms with van der Waals surface area (Å²) >= 11 is 7.60. The van der Waals surface area contributed by atoms with Crippen LogP contribution in [-0.4, -0.2) is 59.4 Å². The van der Waals surface area contributed by atoms with Gasteiger partial charge in [0, 0.05) is 31.6 Å². The summed E-state index contributed by atoms with van der Waals surface area (Å²) in [6.07, 6.45) is 5.40. The summed E-state index contributed by atoms with van der Waals surface area (Å²) in [5, 5.41) is 17.6. The van der Waals surface area contributed by atoms with E-state index in [0.29, 0.717) is 40.6 Å². The standard InChI is InChI=1S/C25H32ClN5O3S/c1-3-5-6-11-27-20-14-31(25-30-18-9-7-8-16(24(33)34)21(18)35-25)12-10-17(20)29-23(32)19-13-15(4-2)22(26)28-19/h7-9,17,20,27H,3-6,10-14H2,1-2H3,(H,29,32)(H,33,34)/t17-,20+/m1/s1. The zero-order chi connectivity index (χ0) is 24.9. The molecule has 0 radical (unpaired) electrons. The molecular formula is C25H32ClN5O3S. The summed E-state index contributed by atoms with van der Waals surface area (Å²) in [5.74, 6) is -1.10. The number of allylic oxidation sites excluding steroid dienone is 1. The van der Waals surface area contributed by atoms with E-state index in [4.69, 9.17) is 16.6 Å². The Morgan fingerprint density at radius 2 is 2.09 bits per heavy atom. The van der Waals surface area contributed by atoms with E-state index < -0.39 is 5.97 Å². The van der Waals surface area contributed by atoms with Gasteiger partial charge in [-0.25, -0.2) is 14.8 Å². The third-order valence-electron chi connectivity index (χ3n) is 6.62. The van der Waals surface area contributed by atoms with Gasteiger partial charge in [-0.2, -0.15) is 0 Å². The van der Waals surface area contributed by atoms with E-state index in [9.17, 15) is 14.7 Å².